The van der Waals surface area contributed by atoms with Crippen molar-refractivity contribution >= 4 is 26.6 Å². The van der Waals surface area contributed by atoms with Crippen LogP contribution in [0.3, 0.4) is 0 Å². The van der Waals surface area contributed by atoms with Gasteiger partial charge in [-0.25, -0.2) is 12.8 Å². The number of nitrogens with one attached hydrogen (secondary N) is 1. The molecule has 0 fully saturated rings. The lowest BCUT2D eigenvalue weighted by atomic mass is 10.2. The van der Waals surface area contributed by atoms with Gasteiger partial charge in [0.15, 0.2) is 0 Å². The fourth-order valence-corrected chi connectivity index (χ4v) is 3.76. The Hall–Kier alpha value is -2.67. The summed E-state index contributed by atoms with van der Waals surface area (Å²) >= 11 is 0. The van der Waals surface area contributed by atoms with Gasteiger partial charge in [0.05, 0.1) is 23.2 Å². The molecule has 0 saturated heterocycles. The molecule has 0 aliphatic carbocycles. The Kier molecular flexibility index (Phi) is 4.11. The summed E-state index contributed by atoms with van der Waals surface area (Å²) in [5, 5.41) is 0.741. The summed E-state index contributed by atoms with van der Waals surface area (Å²) in [6, 6.07) is 10.4. The number of nitrogens with zero attached hydrogens (tertiary/aromatic N) is 1. The fraction of sp³-hybridized carbons (Fsp3) is 0.118. The largest absolute Gasteiger partial charge is 0.497 e. The van der Waals surface area contributed by atoms with Crippen LogP contribution in [0.2, 0.25) is 0 Å². The monoisotopic (exact) mass is 346 g/mol. The van der Waals surface area contributed by atoms with Gasteiger partial charge in [-0.1, -0.05) is 6.07 Å². The highest BCUT2D eigenvalue weighted by atomic mass is 32.2. The average molecular weight is 346 g/mol. The minimum atomic E-state index is -3.89. The van der Waals surface area contributed by atoms with Crippen molar-refractivity contribution in [3.05, 3.63) is 60.0 Å². The Labute approximate surface area is 139 Å². The van der Waals surface area contributed by atoms with Crippen molar-refractivity contribution < 1.29 is 17.5 Å². The molecule has 0 spiro atoms. The number of aryl methyl sites for hydroxylation is 1. The molecule has 0 aliphatic heterocycles. The number of benzene rings is 2. The number of ether oxygens (including phenoxy) is 1. The third kappa shape index (κ3) is 3.03. The topological polar surface area (TPSA) is 68.3 Å². The second-order valence-electron chi connectivity index (χ2n) is 5.27. The molecule has 1 heterocycles. The van der Waals surface area contributed by atoms with Crippen molar-refractivity contribution in [2.75, 3.05) is 11.8 Å². The number of pyridine rings is 1. The van der Waals surface area contributed by atoms with E-state index in [2.05, 4.69) is 9.71 Å². The normalized spacial score (nSPS) is 11.5. The maximum Gasteiger partial charge on any atom is 0.262 e. The second-order valence-corrected chi connectivity index (χ2v) is 6.92. The van der Waals surface area contributed by atoms with E-state index >= 15 is 0 Å². The van der Waals surface area contributed by atoms with Crippen LogP contribution >= 0.6 is 0 Å². The lowest BCUT2D eigenvalue weighted by Crippen LogP contribution is -2.15. The maximum absolute atomic E-state index is 13.2. The standard InChI is InChI=1S/C17H15FN2O3S/c1-11-8-13(18)5-6-16(11)24(21,22)20-15-10-14(23-2)9-12-4-3-7-19-17(12)15/h3-10,20H,1-2H3. The second kappa shape index (κ2) is 6.09. The molecular formula is C17H15FN2O3S. The molecule has 0 aliphatic rings. The van der Waals surface area contributed by atoms with Crippen molar-refractivity contribution in [1.29, 1.82) is 0 Å². The zero-order valence-corrected chi connectivity index (χ0v) is 13.9. The number of hydrogen-bond acceptors (Lipinski definition) is 4. The van der Waals surface area contributed by atoms with Gasteiger partial charge in [-0.2, -0.15) is 0 Å². The number of rotatable bonds is 4. The lowest BCUT2D eigenvalue weighted by molar-refractivity contribution is 0.415. The van der Waals surface area contributed by atoms with Crippen LogP contribution in [0.4, 0.5) is 10.1 Å². The van der Waals surface area contributed by atoms with E-state index in [-0.39, 0.29) is 4.90 Å². The van der Waals surface area contributed by atoms with Crippen LogP contribution in [-0.4, -0.2) is 20.5 Å². The van der Waals surface area contributed by atoms with Gasteiger partial charge in [0.1, 0.15) is 11.6 Å². The highest BCUT2D eigenvalue weighted by Crippen LogP contribution is 2.30. The number of fused-ring (bicyclic) bond motifs is 1. The number of hydrogen-bond donors (Lipinski definition) is 1. The Balaban J connectivity index is 2.11. The first-order chi connectivity index (χ1) is 11.4. The summed E-state index contributed by atoms with van der Waals surface area (Å²) in [5.74, 6) is 0.0176. The molecule has 3 rings (SSSR count). The van der Waals surface area contributed by atoms with Crippen molar-refractivity contribution in [2.45, 2.75) is 11.8 Å². The minimum Gasteiger partial charge on any atom is -0.497 e. The van der Waals surface area contributed by atoms with Gasteiger partial charge < -0.3 is 4.74 Å². The SMILES string of the molecule is COc1cc(NS(=O)(=O)c2ccc(F)cc2C)c2ncccc2c1. The van der Waals surface area contributed by atoms with Crippen molar-refractivity contribution in [3.63, 3.8) is 0 Å². The highest BCUT2D eigenvalue weighted by molar-refractivity contribution is 7.92. The van der Waals surface area contributed by atoms with Gasteiger partial charge in [-0.3, -0.25) is 9.71 Å². The molecule has 3 aromatic rings. The minimum absolute atomic E-state index is 0.0100. The summed E-state index contributed by atoms with van der Waals surface area (Å²) < 4.78 is 46.3. The summed E-state index contributed by atoms with van der Waals surface area (Å²) in [4.78, 5) is 4.24. The van der Waals surface area contributed by atoms with Crippen LogP contribution in [0.1, 0.15) is 5.56 Å². The molecule has 24 heavy (non-hydrogen) atoms. The highest BCUT2D eigenvalue weighted by Gasteiger charge is 2.19. The van der Waals surface area contributed by atoms with E-state index in [1.165, 1.54) is 19.2 Å². The van der Waals surface area contributed by atoms with E-state index in [4.69, 9.17) is 4.74 Å². The maximum atomic E-state index is 13.2. The molecule has 0 radical (unpaired) electrons. The number of methoxy groups -OCH3 is 1. The summed E-state index contributed by atoms with van der Waals surface area (Å²) in [6.45, 7) is 1.54. The Bertz CT molecular complexity index is 1020. The number of anilines is 1. The zero-order valence-electron chi connectivity index (χ0n) is 13.1. The molecule has 0 amide bonds. The van der Waals surface area contributed by atoms with Crippen LogP contribution in [0, 0.1) is 12.7 Å². The van der Waals surface area contributed by atoms with Crippen LogP contribution in [0.15, 0.2) is 53.6 Å². The summed E-state index contributed by atoms with van der Waals surface area (Å²) in [5.41, 5.74) is 1.12. The zero-order chi connectivity index (χ0) is 17.3. The average Bonchev–Trinajstić information content (AvgIpc) is 2.54. The van der Waals surface area contributed by atoms with E-state index in [0.29, 0.717) is 22.5 Å². The molecule has 1 N–H and O–H groups in total. The predicted octanol–water partition coefficient (Wildman–Crippen LogP) is 3.49. The van der Waals surface area contributed by atoms with Gasteiger partial charge in [0, 0.05) is 17.6 Å². The molecule has 0 unspecified atom stereocenters. The van der Waals surface area contributed by atoms with E-state index in [0.717, 1.165) is 11.5 Å². The Morgan fingerprint density at radius 1 is 1.17 bits per heavy atom. The Morgan fingerprint density at radius 3 is 2.67 bits per heavy atom. The van der Waals surface area contributed by atoms with Crippen LogP contribution in [0.5, 0.6) is 5.75 Å². The molecule has 5 nitrogen and oxygen atoms in total. The number of halogens is 1. The predicted molar refractivity (Wildman–Crippen MR) is 90.2 cm³/mol. The molecule has 0 saturated carbocycles. The van der Waals surface area contributed by atoms with E-state index in [1.807, 2.05) is 6.07 Å². The lowest BCUT2D eigenvalue weighted by Gasteiger charge is -2.13. The fourth-order valence-electron chi connectivity index (χ4n) is 2.47. The van der Waals surface area contributed by atoms with Crippen molar-refractivity contribution in [2.24, 2.45) is 0 Å². The molecule has 0 bridgehead atoms. The molecule has 2 aromatic carbocycles. The van der Waals surface area contributed by atoms with Gasteiger partial charge in [-0.15, -0.1) is 0 Å². The molecular weight excluding hydrogens is 331 g/mol. The first kappa shape index (κ1) is 16.2. The molecule has 0 atom stereocenters. The Morgan fingerprint density at radius 2 is 1.96 bits per heavy atom. The number of sulfonamides is 1. The first-order valence-electron chi connectivity index (χ1n) is 7.12. The van der Waals surface area contributed by atoms with Gasteiger partial charge in [0.25, 0.3) is 10.0 Å². The van der Waals surface area contributed by atoms with Crippen molar-refractivity contribution in [3.8, 4) is 5.75 Å². The molecule has 124 valence electrons. The smallest absolute Gasteiger partial charge is 0.262 e. The first-order valence-corrected chi connectivity index (χ1v) is 8.61. The third-order valence-corrected chi connectivity index (χ3v) is 5.11. The summed E-state index contributed by atoms with van der Waals surface area (Å²) in [6.07, 6.45) is 1.58. The third-order valence-electron chi connectivity index (χ3n) is 3.58. The van der Waals surface area contributed by atoms with E-state index < -0.39 is 15.8 Å². The van der Waals surface area contributed by atoms with E-state index in [1.54, 1.807) is 31.3 Å². The molecule has 7 heteroatoms. The van der Waals surface area contributed by atoms with Gasteiger partial charge in [-0.05, 0) is 42.8 Å². The quantitative estimate of drug-likeness (QED) is 0.785. The van der Waals surface area contributed by atoms with Gasteiger partial charge >= 0.3 is 0 Å². The van der Waals surface area contributed by atoms with Crippen LogP contribution in [0.25, 0.3) is 10.9 Å². The summed E-state index contributed by atoms with van der Waals surface area (Å²) in [7, 11) is -2.39. The molecule has 1 aromatic heterocycles. The van der Waals surface area contributed by atoms with Crippen LogP contribution < -0.4 is 9.46 Å². The van der Waals surface area contributed by atoms with Gasteiger partial charge in [0.2, 0.25) is 0 Å². The van der Waals surface area contributed by atoms with E-state index in [9.17, 15) is 12.8 Å². The van der Waals surface area contributed by atoms with Crippen LogP contribution in [-0.2, 0) is 10.0 Å². The number of aromatic nitrogens is 1. The van der Waals surface area contributed by atoms with Crippen molar-refractivity contribution in [1.82, 2.24) is 4.98 Å².